The number of aromatic nitrogens is 4. The predicted molar refractivity (Wildman–Crippen MR) is 73.5 cm³/mol. The molecule has 0 fully saturated rings. The minimum Gasteiger partial charge on any atom is -0.397 e. The van der Waals surface area contributed by atoms with Crippen molar-refractivity contribution in [2.45, 2.75) is 10.1 Å². The zero-order chi connectivity index (χ0) is 12.5. The van der Waals surface area contributed by atoms with Crippen LogP contribution in [0, 0.1) is 0 Å². The zero-order valence-corrected chi connectivity index (χ0v) is 11.5. The second-order valence-corrected chi connectivity index (χ2v) is 5.39. The second kappa shape index (κ2) is 4.58. The van der Waals surface area contributed by atoms with Crippen molar-refractivity contribution in [2.24, 2.45) is 0 Å². The smallest absolute Gasteiger partial charge is 0.200 e. The van der Waals surface area contributed by atoms with Crippen LogP contribution in [0.1, 0.15) is 0 Å². The van der Waals surface area contributed by atoms with E-state index in [0.29, 0.717) is 5.69 Å². The summed E-state index contributed by atoms with van der Waals surface area (Å²) >= 11 is 4.89. The van der Waals surface area contributed by atoms with Crippen molar-refractivity contribution >= 4 is 39.0 Å². The van der Waals surface area contributed by atoms with Gasteiger partial charge in [0.2, 0.25) is 5.16 Å². The minimum absolute atomic E-state index is 0.613. The van der Waals surface area contributed by atoms with Gasteiger partial charge in [0.05, 0.1) is 21.3 Å². The Balaban J connectivity index is 2.07. The van der Waals surface area contributed by atoms with E-state index in [9.17, 15) is 0 Å². The van der Waals surface area contributed by atoms with Gasteiger partial charge in [0, 0.05) is 12.4 Å². The Bertz CT molecular complexity index is 691. The van der Waals surface area contributed by atoms with E-state index in [-0.39, 0.29) is 0 Å². The Morgan fingerprint density at radius 3 is 2.94 bits per heavy atom. The molecule has 0 amide bonds. The normalized spacial score (nSPS) is 10.9. The first-order valence-electron chi connectivity index (χ1n) is 5.12. The van der Waals surface area contributed by atoms with E-state index in [1.807, 2.05) is 28.8 Å². The van der Waals surface area contributed by atoms with Crippen LogP contribution in [0.2, 0.25) is 0 Å². The van der Waals surface area contributed by atoms with Crippen LogP contribution in [0.4, 0.5) is 5.69 Å². The largest absolute Gasteiger partial charge is 0.397 e. The van der Waals surface area contributed by atoms with Crippen LogP contribution in [-0.4, -0.2) is 19.6 Å². The molecule has 0 aromatic carbocycles. The van der Waals surface area contributed by atoms with E-state index in [1.54, 1.807) is 12.4 Å². The fourth-order valence-electron chi connectivity index (χ4n) is 1.53. The number of hydrogen-bond donors (Lipinski definition) is 1. The fourth-order valence-corrected chi connectivity index (χ4v) is 2.95. The van der Waals surface area contributed by atoms with E-state index in [4.69, 9.17) is 5.73 Å². The molecule has 90 valence electrons. The van der Waals surface area contributed by atoms with Crippen LogP contribution >= 0.6 is 27.7 Å². The van der Waals surface area contributed by atoms with Gasteiger partial charge in [0.1, 0.15) is 0 Å². The molecule has 0 saturated heterocycles. The lowest BCUT2D eigenvalue weighted by atomic mass is 10.4. The van der Waals surface area contributed by atoms with Crippen molar-refractivity contribution in [3.63, 3.8) is 0 Å². The van der Waals surface area contributed by atoms with Crippen molar-refractivity contribution in [1.82, 2.24) is 19.6 Å². The molecule has 7 heteroatoms. The van der Waals surface area contributed by atoms with Crippen LogP contribution in [0.25, 0.3) is 5.65 Å². The van der Waals surface area contributed by atoms with E-state index in [0.717, 1.165) is 20.2 Å². The highest BCUT2D eigenvalue weighted by molar-refractivity contribution is 9.10. The van der Waals surface area contributed by atoms with Gasteiger partial charge in [-0.15, -0.1) is 10.2 Å². The molecule has 0 radical (unpaired) electrons. The molecule has 5 nitrogen and oxygen atoms in total. The van der Waals surface area contributed by atoms with Crippen LogP contribution in [-0.2, 0) is 0 Å². The number of hydrogen-bond acceptors (Lipinski definition) is 5. The number of pyridine rings is 2. The number of fused-ring (bicyclic) bond motifs is 1. The minimum atomic E-state index is 0.613. The van der Waals surface area contributed by atoms with E-state index < -0.39 is 0 Å². The summed E-state index contributed by atoms with van der Waals surface area (Å²) in [6, 6.07) is 5.77. The summed E-state index contributed by atoms with van der Waals surface area (Å²) in [7, 11) is 0. The van der Waals surface area contributed by atoms with Gasteiger partial charge in [0.25, 0.3) is 0 Å². The van der Waals surface area contributed by atoms with Crippen molar-refractivity contribution in [2.75, 3.05) is 5.73 Å². The molecule has 2 N–H and O–H groups in total. The number of nitrogens with two attached hydrogens (primary N) is 1. The van der Waals surface area contributed by atoms with E-state index in [2.05, 4.69) is 31.1 Å². The quantitative estimate of drug-likeness (QED) is 0.785. The first-order chi connectivity index (χ1) is 8.75. The number of rotatable bonds is 2. The molecule has 3 aromatic heterocycles. The van der Waals surface area contributed by atoms with Crippen molar-refractivity contribution in [3.05, 3.63) is 41.3 Å². The lowest BCUT2D eigenvalue weighted by Gasteiger charge is -2.05. The molecule has 18 heavy (non-hydrogen) atoms. The van der Waals surface area contributed by atoms with E-state index >= 15 is 0 Å². The summed E-state index contributed by atoms with van der Waals surface area (Å²) in [5.41, 5.74) is 7.33. The maximum absolute atomic E-state index is 5.91. The summed E-state index contributed by atoms with van der Waals surface area (Å²) in [5, 5.41) is 9.01. The summed E-state index contributed by atoms with van der Waals surface area (Å²) in [6.45, 7) is 0. The lowest BCUT2D eigenvalue weighted by Crippen LogP contribution is -1.93. The van der Waals surface area contributed by atoms with Crippen molar-refractivity contribution < 1.29 is 0 Å². The highest BCUT2D eigenvalue weighted by Gasteiger charge is 2.11. The van der Waals surface area contributed by atoms with Crippen LogP contribution in [0.15, 0.2) is 51.3 Å². The SMILES string of the molecule is Nc1cncc(Br)c1Sc1nnc2ccccn12. The molecule has 3 heterocycles. The Kier molecular flexibility index (Phi) is 2.92. The summed E-state index contributed by atoms with van der Waals surface area (Å²) < 4.78 is 2.76. The number of nitrogens with zero attached hydrogens (tertiary/aromatic N) is 4. The van der Waals surface area contributed by atoms with Crippen LogP contribution in [0.3, 0.4) is 0 Å². The van der Waals surface area contributed by atoms with Gasteiger partial charge in [-0.2, -0.15) is 0 Å². The number of nitrogen functional groups attached to an aromatic ring is 1. The average molecular weight is 322 g/mol. The van der Waals surface area contributed by atoms with Gasteiger partial charge in [-0.1, -0.05) is 6.07 Å². The Labute approximate surface area is 116 Å². The molecular formula is C11H8BrN5S. The molecule has 0 aliphatic heterocycles. The molecule has 3 rings (SSSR count). The Morgan fingerprint density at radius 1 is 1.22 bits per heavy atom. The third-order valence-corrected chi connectivity index (χ3v) is 4.34. The van der Waals surface area contributed by atoms with Gasteiger partial charge >= 0.3 is 0 Å². The highest BCUT2D eigenvalue weighted by atomic mass is 79.9. The Hall–Kier alpha value is -1.60. The lowest BCUT2D eigenvalue weighted by molar-refractivity contribution is 0.921. The van der Waals surface area contributed by atoms with Crippen molar-refractivity contribution in [1.29, 1.82) is 0 Å². The molecule has 3 aromatic rings. The first-order valence-corrected chi connectivity index (χ1v) is 6.73. The number of halogens is 1. The Morgan fingerprint density at radius 2 is 2.11 bits per heavy atom. The van der Waals surface area contributed by atoms with Gasteiger partial charge in [0.15, 0.2) is 5.65 Å². The first kappa shape index (κ1) is 11.5. The number of anilines is 1. The molecule has 0 atom stereocenters. The topological polar surface area (TPSA) is 69.1 Å². The molecule has 0 aliphatic carbocycles. The van der Waals surface area contributed by atoms with Crippen LogP contribution < -0.4 is 5.73 Å². The van der Waals surface area contributed by atoms with Gasteiger partial charge in [-0.05, 0) is 39.8 Å². The summed E-state index contributed by atoms with van der Waals surface area (Å²) in [5.74, 6) is 0. The third kappa shape index (κ3) is 1.95. The molecule has 0 bridgehead atoms. The molecule has 0 aliphatic rings. The average Bonchev–Trinajstić information content (AvgIpc) is 2.77. The maximum atomic E-state index is 5.91. The molecular weight excluding hydrogens is 314 g/mol. The molecule has 0 saturated carbocycles. The van der Waals surface area contributed by atoms with Gasteiger partial charge in [-0.3, -0.25) is 9.38 Å². The predicted octanol–water partition coefficient (Wildman–Crippen LogP) is 2.62. The third-order valence-electron chi connectivity index (χ3n) is 2.36. The highest BCUT2D eigenvalue weighted by Crippen LogP contribution is 2.36. The second-order valence-electron chi connectivity index (χ2n) is 3.55. The van der Waals surface area contributed by atoms with E-state index in [1.165, 1.54) is 11.8 Å². The molecule has 0 unspecified atom stereocenters. The molecule has 0 spiro atoms. The van der Waals surface area contributed by atoms with Gasteiger partial charge in [-0.25, -0.2) is 0 Å². The zero-order valence-electron chi connectivity index (χ0n) is 9.12. The maximum Gasteiger partial charge on any atom is 0.200 e. The fraction of sp³-hybridized carbons (Fsp3) is 0. The van der Waals surface area contributed by atoms with Crippen molar-refractivity contribution in [3.8, 4) is 0 Å². The summed E-state index contributed by atoms with van der Waals surface area (Å²) in [6.07, 6.45) is 5.25. The van der Waals surface area contributed by atoms with Gasteiger partial charge < -0.3 is 5.73 Å². The standard InChI is InChI=1S/C11H8BrN5S/c12-7-5-14-6-8(13)10(7)18-11-16-15-9-3-1-2-4-17(9)11/h1-6H,13H2. The summed E-state index contributed by atoms with van der Waals surface area (Å²) in [4.78, 5) is 4.90. The monoisotopic (exact) mass is 321 g/mol. The van der Waals surface area contributed by atoms with Crippen LogP contribution in [0.5, 0.6) is 0 Å².